The van der Waals surface area contributed by atoms with Gasteiger partial charge in [-0.3, -0.25) is 14.3 Å². The molecule has 6 nitrogen and oxygen atoms in total. The number of nitrogens with zero attached hydrogens (tertiary/aromatic N) is 5. The number of fused-ring (bicyclic) bond motifs is 1. The zero-order valence-corrected chi connectivity index (χ0v) is 23.6. The van der Waals surface area contributed by atoms with E-state index >= 15 is 0 Å². The highest BCUT2D eigenvalue weighted by Gasteiger charge is 2.32. The number of piperidine rings is 1. The number of anilines is 1. The zero-order chi connectivity index (χ0) is 26.1. The Labute approximate surface area is 236 Å². The predicted octanol–water partition coefficient (Wildman–Crippen LogP) is 6.00. The van der Waals surface area contributed by atoms with Crippen LogP contribution in [-0.4, -0.2) is 64.5 Å². The van der Waals surface area contributed by atoms with E-state index in [-0.39, 0.29) is 5.92 Å². The summed E-state index contributed by atoms with van der Waals surface area (Å²) in [7, 11) is 0. The lowest BCUT2D eigenvalue weighted by atomic mass is 9.96. The Balaban J connectivity index is 1.15. The third-order valence-electron chi connectivity index (χ3n) is 7.68. The number of hydrogen-bond donors (Lipinski definition) is 0. The maximum atomic E-state index is 13.5. The van der Waals surface area contributed by atoms with Gasteiger partial charge in [0.15, 0.2) is 0 Å². The van der Waals surface area contributed by atoms with Crippen molar-refractivity contribution in [3.05, 3.63) is 88.1 Å². The number of likely N-dealkylation sites (tertiary alicyclic amines) is 1. The first-order valence-electron chi connectivity index (χ1n) is 13.3. The van der Waals surface area contributed by atoms with Gasteiger partial charge in [0.2, 0.25) is 5.91 Å². The molecule has 2 aliphatic rings. The lowest BCUT2D eigenvalue weighted by molar-refractivity contribution is -0.137. The van der Waals surface area contributed by atoms with Gasteiger partial charge in [0.1, 0.15) is 5.82 Å². The van der Waals surface area contributed by atoms with Crippen molar-refractivity contribution in [2.24, 2.45) is 5.92 Å². The number of para-hydroxylation sites is 2. The van der Waals surface area contributed by atoms with Gasteiger partial charge in [-0.15, -0.1) is 0 Å². The summed E-state index contributed by atoms with van der Waals surface area (Å²) in [6, 6.07) is 24.6. The molecule has 1 atom stereocenters. The Morgan fingerprint density at radius 1 is 0.921 bits per heavy atom. The largest absolute Gasteiger partial charge is 0.368 e. The van der Waals surface area contributed by atoms with E-state index < -0.39 is 0 Å². The van der Waals surface area contributed by atoms with Gasteiger partial charge in [-0.05, 0) is 67.9 Å². The summed E-state index contributed by atoms with van der Waals surface area (Å²) in [5.74, 6) is 1.33. The first kappa shape index (κ1) is 25.4. The topological polar surface area (TPSA) is 44.6 Å². The molecule has 0 bridgehead atoms. The number of carbonyl (C=O) groups is 1. The second-order valence-corrected chi connectivity index (χ2v) is 11.6. The van der Waals surface area contributed by atoms with Gasteiger partial charge in [0.25, 0.3) is 0 Å². The highest BCUT2D eigenvalue weighted by Crippen LogP contribution is 2.27. The Kier molecular flexibility index (Phi) is 7.41. The van der Waals surface area contributed by atoms with Crippen molar-refractivity contribution in [1.82, 2.24) is 19.4 Å². The average Bonchev–Trinajstić information content (AvgIpc) is 3.30. The lowest BCUT2D eigenvalue weighted by Gasteiger charge is -2.39. The molecule has 2 saturated heterocycles. The molecule has 8 heteroatoms. The first-order valence-corrected chi connectivity index (χ1v) is 14.5. The number of hydrogen-bond acceptors (Lipinski definition) is 4. The first-order chi connectivity index (χ1) is 18.5. The summed E-state index contributed by atoms with van der Waals surface area (Å²) < 4.78 is 3.29. The third-order valence-corrected chi connectivity index (χ3v) is 8.41. The fraction of sp³-hybridized carbons (Fsp3) is 0.333. The summed E-state index contributed by atoms with van der Waals surface area (Å²) in [6.45, 7) is 5.63. The summed E-state index contributed by atoms with van der Waals surface area (Å²) >= 11 is 9.81. The number of benzene rings is 3. The van der Waals surface area contributed by atoms with Gasteiger partial charge in [0.05, 0.1) is 23.5 Å². The number of halogens is 2. The molecule has 3 heterocycles. The minimum absolute atomic E-state index is 0.0326. The van der Waals surface area contributed by atoms with Crippen molar-refractivity contribution in [2.75, 3.05) is 44.2 Å². The minimum Gasteiger partial charge on any atom is -0.368 e. The molecule has 196 valence electrons. The van der Waals surface area contributed by atoms with E-state index in [1.165, 1.54) is 0 Å². The van der Waals surface area contributed by atoms with E-state index in [2.05, 4.69) is 77.7 Å². The van der Waals surface area contributed by atoms with Crippen molar-refractivity contribution >= 4 is 50.2 Å². The SMILES string of the molecule is O=C([C@@H]1CCCN(Cc2nc3ccccc3n2-c2cccc(Br)c2)C1)N1CCN(c2cccc(Cl)c2)CC1. The van der Waals surface area contributed by atoms with Crippen LogP contribution >= 0.6 is 27.5 Å². The predicted molar refractivity (Wildman–Crippen MR) is 157 cm³/mol. The molecular formula is C30H31BrClN5O. The molecule has 6 rings (SSSR count). The summed E-state index contributed by atoms with van der Waals surface area (Å²) in [4.78, 5) is 25.3. The maximum Gasteiger partial charge on any atom is 0.227 e. The molecule has 0 aliphatic carbocycles. The smallest absolute Gasteiger partial charge is 0.227 e. The Bertz CT molecular complexity index is 1450. The molecule has 1 aromatic heterocycles. The maximum absolute atomic E-state index is 13.5. The van der Waals surface area contributed by atoms with Gasteiger partial charge in [-0.1, -0.05) is 51.8 Å². The molecule has 2 fully saturated rings. The third kappa shape index (κ3) is 5.33. The highest BCUT2D eigenvalue weighted by molar-refractivity contribution is 9.10. The second-order valence-electron chi connectivity index (χ2n) is 10.2. The van der Waals surface area contributed by atoms with Crippen molar-refractivity contribution in [3.63, 3.8) is 0 Å². The van der Waals surface area contributed by atoms with Crippen LogP contribution in [0.3, 0.4) is 0 Å². The second kappa shape index (κ2) is 11.1. The summed E-state index contributed by atoms with van der Waals surface area (Å²) in [5.41, 5.74) is 4.31. The molecule has 0 spiro atoms. The molecule has 38 heavy (non-hydrogen) atoms. The van der Waals surface area contributed by atoms with E-state index in [0.29, 0.717) is 12.5 Å². The fourth-order valence-electron chi connectivity index (χ4n) is 5.80. The molecule has 1 amide bonds. The van der Waals surface area contributed by atoms with Crippen LogP contribution in [-0.2, 0) is 11.3 Å². The van der Waals surface area contributed by atoms with Crippen LogP contribution in [0.25, 0.3) is 16.7 Å². The van der Waals surface area contributed by atoms with E-state index in [1.807, 2.05) is 30.3 Å². The fourth-order valence-corrected chi connectivity index (χ4v) is 6.37. The standard InChI is InChI=1S/C30H31BrClN5O/c31-23-7-3-10-26(18-23)37-28-12-2-1-11-27(28)33-29(37)21-34-13-5-6-22(20-34)30(38)36-16-14-35(15-17-36)25-9-4-8-24(32)19-25/h1-4,7-12,18-19,22H,5-6,13-17,20-21H2/t22-/m1/s1. The molecular weight excluding hydrogens is 562 g/mol. The number of rotatable bonds is 5. The van der Waals surface area contributed by atoms with E-state index in [1.54, 1.807) is 0 Å². The van der Waals surface area contributed by atoms with Crippen LogP contribution in [0, 0.1) is 5.92 Å². The average molecular weight is 593 g/mol. The van der Waals surface area contributed by atoms with Crippen LogP contribution in [0.5, 0.6) is 0 Å². The van der Waals surface area contributed by atoms with Crippen LogP contribution in [0.4, 0.5) is 5.69 Å². The normalized spacial score (nSPS) is 18.7. The molecule has 0 radical (unpaired) electrons. The van der Waals surface area contributed by atoms with Crippen molar-refractivity contribution in [1.29, 1.82) is 0 Å². The van der Waals surface area contributed by atoms with Crippen molar-refractivity contribution in [3.8, 4) is 5.69 Å². The minimum atomic E-state index is 0.0326. The van der Waals surface area contributed by atoms with Gasteiger partial charge >= 0.3 is 0 Å². The number of imidazole rings is 1. The Morgan fingerprint density at radius 2 is 1.71 bits per heavy atom. The zero-order valence-electron chi connectivity index (χ0n) is 21.3. The van der Waals surface area contributed by atoms with E-state index in [9.17, 15) is 4.79 Å². The summed E-state index contributed by atoms with van der Waals surface area (Å²) in [5, 5.41) is 0.747. The van der Waals surface area contributed by atoms with Crippen LogP contribution in [0.1, 0.15) is 18.7 Å². The molecule has 0 unspecified atom stereocenters. The Morgan fingerprint density at radius 3 is 2.53 bits per heavy atom. The van der Waals surface area contributed by atoms with Crippen molar-refractivity contribution in [2.45, 2.75) is 19.4 Å². The number of carbonyl (C=O) groups excluding carboxylic acids is 1. The van der Waals surface area contributed by atoms with Gasteiger partial charge in [0, 0.05) is 53.6 Å². The molecule has 0 N–H and O–H groups in total. The molecule has 3 aromatic carbocycles. The number of piperazine rings is 1. The van der Waals surface area contributed by atoms with Crippen LogP contribution in [0.15, 0.2) is 77.3 Å². The van der Waals surface area contributed by atoms with Crippen molar-refractivity contribution < 1.29 is 4.79 Å². The van der Waals surface area contributed by atoms with E-state index in [4.69, 9.17) is 16.6 Å². The van der Waals surface area contributed by atoms with Gasteiger partial charge < -0.3 is 9.80 Å². The summed E-state index contributed by atoms with van der Waals surface area (Å²) in [6.07, 6.45) is 1.97. The Hall–Kier alpha value is -2.87. The molecule has 0 saturated carbocycles. The molecule has 4 aromatic rings. The highest BCUT2D eigenvalue weighted by atomic mass is 79.9. The van der Waals surface area contributed by atoms with Gasteiger partial charge in [-0.2, -0.15) is 0 Å². The lowest BCUT2D eigenvalue weighted by Crippen LogP contribution is -2.52. The van der Waals surface area contributed by atoms with E-state index in [0.717, 1.165) is 89.8 Å². The quantitative estimate of drug-likeness (QED) is 0.285. The van der Waals surface area contributed by atoms with Crippen LogP contribution in [0.2, 0.25) is 5.02 Å². The number of aromatic nitrogens is 2. The monoisotopic (exact) mass is 591 g/mol. The van der Waals surface area contributed by atoms with Crippen LogP contribution < -0.4 is 4.90 Å². The number of amides is 1. The van der Waals surface area contributed by atoms with Gasteiger partial charge in [-0.25, -0.2) is 4.98 Å². The molecule has 2 aliphatic heterocycles.